The molecular weight excluding hydrogens is 260 g/mol. The summed E-state index contributed by atoms with van der Waals surface area (Å²) in [5, 5.41) is 3.74. The van der Waals surface area contributed by atoms with Crippen molar-refractivity contribution in [2.45, 2.75) is 51.7 Å². The van der Waals surface area contributed by atoms with E-state index < -0.39 is 0 Å². The van der Waals surface area contributed by atoms with Crippen LogP contribution in [-0.4, -0.2) is 43.3 Å². The molecule has 1 fully saturated rings. The van der Waals surface area contributed by atoms with Gasteiger partial charge in [0.15, 0.2) is 0 Å². The average molecular weight is 290 g/mol. The Balaban J connectivity index is 2.14. The van der Waals surface area contributed by atoms with E-state index in [0.717, 1.165) is 39.1 Å². The van der Waals surface area contributed by atoms with Crippen molar-refractivity contribution >= 4 is 0 Å². The predicted octanol–water partition coefficient (Wildman–Crippen LogP) is 3.23. The molecule has 0 spiro atoms. The third-order valence-corrected chi connectivity index (χ3v) is 4.52. The first-order valence-electron chi connectivity index (χ1n) is 8.39. The molecule has 1 aliphatic heterocycles. The van der Waals surface area contributed by atoms with Crippen molar-refractivity contribution in [3.63, 3.8) is 0 Å². The quantitative estimate of drug-likeness (QED) is 0.834. The van der Waals surface area contributed by atoms with Crippen LogP contribution in [0.3, 0.4) is 0 Å². The summed E-state index contributed by atoms with van der Waals surface area (Å²) in [4.78, 5) is 2.63. The Labute approximate surface area is 129 Å². The fraction of sp³-hybridized carbons (Fsp3) is 0.667. The minimum atomic E-state index is 0.387. The Morgan fingerprint density at radius 3 is 2.71 bits per heavy atom. The van der Waals surface area contributed by atoms with Crippen molar-refractivity contribution in [3.05, 3.63) is 35.9 Å². The number of benzene rings is 1. The number of nitrogens with zero attached hydrogens (tertiary/aromatic N) is 1. The Morgan fingerprint density at radius 2 is 2.05 bits per heavy atom. The summed E-state index contributed by atoms with van der Waals surface area (Å²) in [6.45, 7) is 10.7. The summed E-state index contributed by atoms with van der Waals surface area (Å²) >= 11 is 0. The number of ether oxygens (including phenoxy) is 1. The first-order valence-corrected chi connectivity index (χ1v) is 8.39. The van der Waals surface area contributed by atoms with Gasteiger partial charge in [-0.2, -0.15) is 0 Å². The molecule has 3 atom stereocenters. The van der Waals surface area contributed by atoms with Crippen LogP contribution in [0, 0.1) is 0 Å². The van der Waals surface area contributed by atoms with E-state index in [-0.39, 0.29) is 0 Å². The maximum absolute atomic E-state index is 5.66. The molecule has 1 aliphatic rings. The SMILES string of the molecule is CCCNC(c1ccccc1)C(C)N1CCOCC1CC. The molecule has 118 valence electrons. The van der Waals surface area contributed by atoms with Crippen molar-refractivity contribution in [2.75, 3.05) is 26.3 Å². The van der Waals surface area contributed by atoms with Crippen molar-refractivity contribution in [1.29, 1.82) is 0 Å². The van der Waals surface area contributed by atoms with E-state index in [1.807, 2.05) is 0 Å². The zero-order chi connectivity index (χ0) is 15.1. The molecule has 3 nitrogen and oxygen atoms in total. The number of hydrogen-bond acceptors (Lipinski definition) is 3. The standard InChI is InChI=1S/C18H30N2O/c1-4-11-19-18(16-9-7-6-8-10-16)15(3)20-12-13-21-14-17(20)5-2/h6-10,15,17-19H,4-5,11-14H2,1-3H3. The van der Waals surface area contributed by atoms with E-state index in [1.54, 1.807) is 0 Å². The summed E-state index contributed by atoms with van der Waals surface area (Å²) in [5.74, 6) is 0. The van der Waals surface area contributed by atoms with Crippen LogP contribution in [0.2, 0.25) is 0 Å². The Morgan fingerprint density at radius 1 is 1.29 bits per heavy atom. The van der Waals surface area contributed by atoms with Crippen LogP contribution in [-0.2, 0) is 4.74 Å². The van der Waals surface area contributed by atoms with E-state index in [2.05, 4.69) is 61.3 Å². The Hall–Kier alpha value is -0.900. The van der Waals surface area contributed by atoms with Gasteiger partial charge in [0.1, 0.15) is 0 Å². The first-order chi connectivity index (χ1) is 10.3. The molecule has 0 saturated carbocycles. The van der Waals surface area contributed by atoms with E-state index in [4.69, 9.17) is 4.74 Å². The molecule has 1 N–H and O–H groups in total. The molecule has 1 aromatic rings. The van der Waals surface area contributed by atoms with Gasteiger partial charge in [0.05, 0.1) is 13.2 Å². The summed E-state index contributed by atoms with van der Waals surface area (Å²) in [5.41, 5.74) is 1.39. The summed E-state index contributed by atoms with van der Waals surface area (Å²) in [6.07, 6.45) is 2.32. The maximum Gasteiger partial charge on any atom is 0.0622 e. The minimum Gasteiger partial charge on any atom is -0.378 e. The van der Waals surface area contributed by atoms with Gasteiger partial charge in [-0.3, -0.25) is 4.90 Å². The van der Waals surface area contributed by atoms with Gasteiger partial charge in [0.2, 0.25) is 0 Å². The van der Waals surface area contributed by atoms with Gasteiger partial charge in [0, 0.05) is 24.7 Å². The highest BCUT2D eigenvalue weighted by Gasteiger charge is 2.31. The molecule has 3 heteroatoms. The lowest BCUT2D eigenvalue weighted by atomic mass is 9.96. The fourth-order valence-corrected chi connectivity index (χ4v) is 3.27. The molecular formula is C18H30N2O. The molecule has 1 saturated heterocycles. The van der Waals surface area contributed by atoms with Crippen LogP contribution < -0.4 is 5.32 Å². The molecule has 3 unspecified atom stereocenters. The zero-order valence-corrected chi connectivity index (χ0v) is 13.7. The lowest BCUT2D eigenvalue weighted by Crippen LogP contribution is -2.53. The van der Waals surface area contributed by atoms with Crippen LogP contribution in [0.15, 0.2) is 30.3 Å². The lowest BCUT2D eigenvalue weighted by molar-refractivity contribution is -0.0339. The van der Waals surface area contributed by atoms with Gasteiger partial charge in [-0.25, -0.2) is 0 Å². The van der Waals surface area contributed by atoms with Crippen LogP contribution in [0.4, 0.5) is 0 Å². The van der Waals surface area contributed by atoms with Crippen molar-refractivity contribution < 1.29 is 4.74 Å². The van der Waals surface area contributed by atoms with Gasteiger partial charge < -0.3 is 10.1 Å². The van der Waals surface area contributed by atoms with E-state index in [1.165, 1.54) is 5.56 Å². The Kier molecular flexibility index (Phi) is 6.68. The van der Waals surface area contributed by atoms with Gasteiger partial charge >= 0.3 is 0 Å². The number of hydrogen-bond donors (Lipinski definition) is 1. The number of nitrogens with one attached hydrogen (secondary N) is 1. The molecule has 0 radical (unpaired) electrons. The first kappa shape index (κ1) is 16.5. The second-order valence-corrected chi connectivity index (χ2v) is 5.96. The molecule has 21 heavy (non-hydrogen) atoms. The molecule has 1 heterocycles. The topological polar surface area (TPSA) is 24.5 Å². The van der Waals surface area contributed by atoms with Crippen LogP contribution in [0.1, 0.15) is 45.2 Å². The zero-order valence-electron chi connectivity index (χ0n) is 13.7. The van der Waals surface area contributed by atoms with Gasteiger partial charge in [-0.05, 0) is 31.9 Å². The summed E-state index contributed by atoms with van der Waals surface area (Å²) in [7, 11) is 0. The third kappa shape index (κ3) is 4.29. The molecule has 2 rings (SSSR count). The van der Waals surface area contributed by atoms with Crippen LogP contribution in [0.25, 0.3) is 0 Å². The summed E-state index contributed by atoms with van der Waals surface area (Å²) < 4.78 is 5.66. The van der Waals surface area contributed by atoms with Crippen LogP contribution >= 0.6 is 0 Å². The van der Waals surface area contributed by atoms with E-state index in [0.29, 0.717) is 18.1 Å². The number of rotatable bonds is 7. The van der Waals surface area contributed by atoms with Crippen molar-refractivity contribution in [2.24, 2.45) is 0 Å². The minimum absolute atomic E-state index is 0.387. The highest BCUT2D eigenvalue weighted by atomic mass is 16.5. The second-order valence-electron chi connectivity index (χ2n) is 5.96. The largest absolute Gasteiger partial charge is 0.378 e. The summed E-state index contributed by atoms with van der Waals surface area (Å²) in [6, 6.07) is 12.3. The highest BCUT2D eigenvalue weighted by Crippen LogP contribution is 2.25. The fourth-order valence-electron chi connectivity index (χ4n) is 3.27. The molecule has 1 aromatic carbocycles. The lowest BCUT2D eigenvalue weighted by Gasteiger charge is -2.42. The maximum atomic E-state index is 5.66. The van der Waals surface area contributed by atoms with E-state index in [9.17, 15) is 0 Å². The smallest absolute Gasteiger partial charge is 0.0622 e. The average Bonchev–Trinajstić information content (AvgIpc) is 2.56. The highest BCUT2D eigenvalue weighted by molar-refractivity contribution is 5.20. The van der Waals surface area contributed by atoms with Gasteiger partial charge in [-0.15, -0.1) is 0 Å². The third-order valence-electron chi connectivity index (χ3n) is 4.52. The van der Waals surface area contributed by atoms with Crippen molar-refractivity contribution in [3.8, 4) is 0 Å². The number of morpholine rings is 1. The van der Waals surface area contributed by atoms with Crippen molar-refractivity contribution in [1.82, 2.24) is 10.2 Å². The predicted molar refractivity (Wildman–Crippen MR) is 88.5 cm³/mol. The van der Waals surface area contributed by atoms with E-state index >= 15 is 0 Å². The van der Waals surface area contributed by atoms with Gasteiger partial charge in [-0.1, -0.05) is 44.2 Å². The second kappa shape index (κ2) is 8.52. The Bertz CT molecular complexity index is 395. The molecule has 0 amide bonds. The molecule has 0 aliphatic carbocycles. The normalized spacial score (nSPS) is 22.9. The van der Waals surface area contributed by atoms with Crippen LogP contribution in [0.5, 0.6) is 0 Å². The molecule has 0 aromatic heterocycles. The molecule has 0 bridgehead atoms. The monoisotopic (exact) mass is 290 g/mol. The van der Waals surface area contributed by atoms with Gasteiger partial charge in [0.25, 0.3) is 0 Å².